The van der Waals surface area contributed by atoms with Crippen LogP contribution in [0.5, 0.6) is 5.75 Å². The second-order valence-corrected chi connectivity index (χ2v) is 7.59. The number of aromatic nitrogens is 2. The first-order valence-electron chi connectivity index (χ1n) is 9.10. The zero-order chi connectivity index (χ0) is 18.6. The molecule has 1 N–H and O–H groups in total. The fourth-order valence-corrected chi connectivity index (χ4v) is 4.38. The van der Waals surface area contributed by atoms with Crippen LogP contribution in [0.4, 0.5) is 5.13 Å². The number of benzene rings is 1. The largest absolute Gasteiger partial charge is 0.496 e. The van der Waals surface area contributed by atoms with E-state index < -0.39 is 0 Å². The molecular weight excluding hydrogens is 360 g/mol. The van der Waals surface area contributed by atoms with Gasteiger partial charge in [-0.15, -0.1) is 0 Å². The van der Waals surface area contributed by atoms with E-state index in [2.05, 4.69) is 20.2 Å². The van der Waals surface area contributed by atoms with Crippen LogP contribution in [0.15, 0.2) is 42.6 Å². The van der Waals surface area contributed by atoms with Gasteiger partial charge in [-0.3, -0.25) is 4.79 Å². The van der Waals surface area contributed by atoms with Crippen LogP contribution in [-0.2, 0) is 11.3 Å². The summed E-state index contributed by atoms with van der Waals surface area (Å²) >= 11 is 1.59. The van der Waals surface area contributed by atoms with E-state index in [9.17, 15) is 4.79 Å². The number of fused-ring (bicyclic) bond motifs is 1. The lowest BCUT2D eigenvalue weighted by molar-refractivity contribution is -0.125. The minimum Gasteiger partial charge on any atom is -0.496 e. The van der Waals surface area contributed by atoms with E-state index >= 15 is 0 Å². The van der Waals surface area contributed by atoms with Crippen molar-refractivity contribution in [1.82, 2.24) is 15.3 Å². The van der Waals surface area contributed by atoms with Crippen molar-refractivity contribution >= 4 is 32.7 Å². The van der Waals surface area contributed by atoms with Crippen LogP contribution in [0, 0.1) is 5.92 Å². The number of pyridine rings is 1. The zero-order valence-electron chi connectivity index (χ0n) is 15.2. The third-order valence-corrected chi connectivity index (χ3v) is 5.90. The number of hydrogen-bond donors (Lipinski definition) is 1. The number of anilines is 1. The topological polar surface area (TPSA) is 67.3 Å². The van der Waals surface area contributed by atoms with E-state index in [1.54, 1.807) is 24.6 Å². The van der Waals surface area contributed by atoms with Gasteiger partial charge in [0, 0.05) is 31.4 Å². The normalized spacial score (nSPS) is 17.1. The average Bonchev–Trinajstić information content (AvgIpc) is 3.16. The number of methoxy groups -OCH3 is 1. The molecule has 140 valence electrons. The molecule has 0 bridgehead atoms. The van der Waals surface area contributed by atoms with Crippen LogP contribution >= 0.6 is 11.3 Å². The van der Waals surface area contributed by atoms with Crippen LogP contribution in [0.1, 0.15) is 18.4 Å². The van der Waals surface area contributed by atoms with Crippen molar-refractivity contribution in [2.24, 2.45) is 5.92 Å². The Hall–Kier alpha value is -2.67. The highest BCUT2D eigenvalue weighted by molar-refractivity contribution is 7.21. The standard InChI is InChI=1S/C20H22N4O2S/c1-26-17-9-3-2-6-14(17)12-22-18(25)15-7-5-11-24(13-15)20-23-16-8-4-10-21-19(16)27-20/h2-4,6,8-10,15H,5,7,11-13H2,1H3,(H,22,25)/t15-/m0/s1. The number of hydrogen-bond acceptors (Lipinski definition) is 6. The molecule has 1 fully saturated rings. The van der Waals surface area contributed by atoms with Crippen LogP contribution in [0.3, 0.4) is 0 Å². The maximum absolute atomic E-state index is 12.7. The molecule has 6 nitrogen and oxygen atoms in total. The lowest BCUT2D eigenvalue weighted by Crippen LogP contribution is -2.43. The van der Waals surface area contributed by atoms with Crippen molar-refractivity contribution < 1.29 is 9.53 Å². The second kappa shape index (κ2) is 7.92. The van der Waals surface area contributed by atoms with Crippen LogP contribution in [-0.4, -0.2) is 36.1 Å². The highest BCUT2D eigenvalue weighted by Gasteiger charge is 2.27. The first-order valence-corrected chi connectivity index (χ1v) is 9.92. The van der Waals surface area contributed by atoms with Crippen molar-refractivity contribution in [1.29, 1.82) is 0 Å². The number of para-hydroxylation sites is 1. The van der Waals surface area contributed by atoms with E-state index in [4.69, 9.17) is 4.74 Å². The predicted molar refractivity (Wildman–Crippen MR) is 107 cm³/mol. The highest BCUT2D eigenvalue weighted by atomic mass is 32.1. The van der Waals surface area contributed by atoms with E-state index in [0.29, 0.717) is 13.1 Å². The third kappa shape index (κ3) is 3.88. The molecule has 3 aromatic rings. The van der Waals surface area contributed by atoms with Gasteiger partial charge in [0.1, 0.15) is 16.1 Å². The van der Waals surface area contributed by atoms with E-state index in [-0.39, 0.29) is 11.8 Å². The fourth-order valence-electron chi connectivity index (χ4n) is 3.43. The molecule has 1 aliphatic heterocycles. The van der Waals surface area contributed by atoms with Crippen LogP contribution < -0.4 is 15.0 Å². The summed E-state index contributed by atoms with van der Waals surface area (Å²) < 4.78 is 5.35. The first-order chi connectivity index (χ1) is 13.2. The molecule has 0 aliphatic carbocycles. The summed E-state index contributed by atoms with van der Waals surface area (Å²) in [6.07, 6.45) is 3.67. The Bertz CT molecular complexity index is 909. The molecule has 7 heteroatoms. The average molecular weight is 382 g/mol. The number of ether oxygens (including phenoxy) is 1. The molecule has 27 heavy (non-hydrogen) atoms. The zero-order valence-corrected chi connectivity index (χ0v) is 16.0. The van der Waals surface area contributed by atoms with Crippen molar-refractivity contribution in [2.75, 3.05) is 25.1 Å². The minimum absolute atomic E-state index is 0.0339. The Kier molecular flexibility index (Phi) is 5.20. The maximum atomic E-state index is 12.7. The lowest BCUT2D eigenvalue weighted by atomic mass is 9.97. The summed E-state index contributed by atoms with van der Waals surface area (Å²) in [4.78, 5) is 24.9. The molecule has 4 rings (SSSR count). The molecule has 1 amide bonds. The quantitative estimate of drug-likeness (QED) is 0.734. The Balaban J connectivity index is 1.40. The monoisotopic (exact) mass is 382 g/mol. The van der Waals surface area contributed by atoms with E-state index in [0.717, 1.165) is 46.2 Å². The summed E-state index contributed by atoms with van der Waals surface area (Å²) in [5.41, 5.74) is 1.90. The van der Waals surface area contributed by atoms with Crippen LogP contribution in [0.2, 0.25) is 0 Å². The van der Waals surface area contributed by atoms with Gasteiger partial charge in [-0.25, -0.2) is 9.97 Å². The van der Waals surface area contributed by atoms with Gasteiger partial charge in [-0.05, 0) is 31.0 Å². The molecule has 1 atom stereocenters. The molecule has 0 saturated carbocycles. The summed E-state index contributed by atoms with van der Waals surface area (Å²) in [6.45, 7) is 2.10. The number of thiazole rings is 1. The van der Waals surface area contributed by atoms with E-state index in [1.165, 1.54) is 0 Å². The number of carbonyl (C=O) groups is 1. The molecule has 1 saturated heterocycles. The Morgan fingerprint density at radius 2 is 2.22 bits per heavy atom. The maximum Gasteiger partial charge on any atom is 0.225 e. The van der Waals surface area contributed by atoms with Gasteiger partial charge in [0.05, 0.1) is 13.0 Å². The number of carbonyl (C=O) groups excluding carboxylic acids is 1. The van der Waals surface area contributed by atoms with Gasteiger partial charge >= 0.3 is 0 Å². The first kappa shape index (κ1) is 17.7. The van der Waals surface area contributed by atoms with Crippen molar-refractivity contribution in [3.8, 4) is 5.75 Å². The lowest BCUT2D eigenvalue weighted by Gasteiger charge is -2.31. The van der Waals surface area contributed by atoms with Gasteiger partial charge in [-0.1, -0.05) is 29.5 Å². The predicted octanol–water partition coefficient (Wildman–Crippen LogP) is 3.23. The SMILES string of the molecule is COc1ccccc1CNC(=O)[C@H]1CCCN(c2nc3cccnc3s2)C1. The van der Waals surface area contributed by atoms with E-state index in [1.807, 2.05) is 36.4 Å². The number of nitrogens with zero attached hydrogens (tertiary/aromatic N) is 3. The summed E-state index contributed by atoms with van der Waals surface area (Å²) in [5, 5.41) is 4.02. The van der Waals surface area contributed by atoms with Crippen molar-refractivity contribution in [3.05, 3.63) is 48.2 Å². The number of amides is 1. The van der Waals surface area contributed by atoms with Gasteiger partial charge in [0.15, 0.2) is 5.13 Å². The number of nitrogens with one attached hydrogen (secondary N) is 1. The van der Waals surface area contributed by atoms with Crippen molar-refractivity contribution in [3.63, 3.8) is 0 Å². The number of rotatable bonds is 5. The minimum atomic E-state index is -0.0339. The van der Waals surface area contributed by atoms with Gasteiger partial charge in [0.25, 0.3) is 0 Å². The van der Waals surface area contributed by atoms with Gasteiger partial charge < -0.3 is 15.0 Å². The molecule has 0 unspecified atom stereocenters. The Morgan fingerprint density at radius 1 is 1.33 bits per heavy atom. The Labute approximate surface area is 162 Å². The molecule has 0 radical (unpaired) electrons. The van der Waals surface area contributed by atoms with Gasteiger partial charge in [-0.2, -0.15) is 0 Å². The molecule has 3 heterocycles. The third-order valence-electron chi connectivity index (χ3n) is 4.86. The molecule has 1 aliphatic rings. The molecular formula is C20H22N4O2S. The molecule has 0 spiro atoms. The summed E-state index contributed by atoms with van der Waals surface area (Å²) in [5.74, 6) is 0.850. The Morgan fingerprint density at radius 3 is 3.07 bits per heavy atom. The molecule has 1 aromatic carbocycles. The number of piperidine rings is 1. The highest BCUT2D eigenvalue weighted by Crippen LogP contribution is 2.30. The second-order valence-electron chi connectivity index (χ2n) is 6.64. The summed E-state index contributed by atoms with van der Waals surface area (Å²) in [7, 11) is 1.65. The van der Waals surface area contributed by atoms with Crippen LogP contribution in [0.25, 0.3) is 10.3 Å². The van der Waals surface area contributed by atoms with Gasteiger partial charge in [0.2, 0.25) is 5.91 Å². The summed E-state index contributed by atoms with van der Waals surface area (Å²) in [6, 6.07) is 11.6. The molecule has 2 aromatic heterocycles. The smallest absolute Gasteiger partial charge is 0.225 e. The van der Waals surface area contributed by atoms with Crippen molar-refractivity contribution in [2.45, 2.75) is 19.4 Å². The fraction of sp³-hybridized carbons (Fsp3) is 0.350.